The third-order valence-electron chi connectivity index (χ3n) is 3.22. The second kappa shape index (κ2) is 5.14. The molecule has 0 aromatic carbocycles. The summed E-state index contributed by atoms with van der Waals surface area (Å²) in [4.78, 5) is 14.7. The van der Waals surface area contributed by atoms with Crippen LogP contribution in [0.4, 0.5) is 0 Å². The van der Waals surface area contributed by atoms with Crippen LogP contribution in [0.5, 0.6) is 0 Å². The normalized spacial score (nSPS) is 16.8. The summed E-state index contributed by atoms with van der Waals surface area (Å²) in [5.74, 6) is -0.727. The molecule has 0 unspecified atom stereocenters. The van der Waals surface area contributed by atoms with Crippen LogP contribution in [0.2, 0.25) is 0 Å². The van der Waals surface area contributed by atoms with Gasteiger partial charge in [-0.3, -0.25) is 4.79 Å². The number of carboxylic acid groups (broad SMARTS) is 1. The van der Waals surface area contributed by atoms with Crippen LogP contribution in [-0.2, 0) is 11.2 Å². The van der Waals surface area contributed by atoms with Crippen molar-refractivity contribution in [2.75, 3.05) is 0 Å². The Hall–Kier alpha value is -1.32. The van der Waals surface area contributed by atoms with Crippen molar-refractivity contribution >= 4 is 5.97 Å². The van der Waals surface area contributed by atoms with Crippen LogP contribution in [0.15, 0.2) is 12.5 Å². The predicted octanol–water partition coefficient (Wildman–Crippen LogP) is 2.41. The number of aromatic nitrogens is 2. The van der Waals surface area contributed by atoms with Crippen LogP contribution in [-0.4, -0.2) is 20.6 Å². The summed E-state index contributed by atoms with van der Waals surface area (Å²) in [5.41, 5.74) is 1.02. The minimum absolute atomic E-state index is 0.232. The van der Waals surface area contributed by atoms with Crippen molar-refractivity contribution in [2.45, 2.75) is 51.0 Å². The van der Waals surface area contributed by atoms with Gasteiger partial charge in [-0.2, -0.15) is 0 Å². The highest BCUT2D eigenvalue weighted by Gasteiger charge is 2.16. The number of aliphatic carboxylic acids is 1. The number of rotatable bonds is 5. The molecule has 0 amide bonds. The van der Waals surface area contributed by atoms with Gasteiger partial charge in [0.25, 0.3) is 0 Å². The van der Waals surface area contributed by atoms with E-state index in [0.29, 0.717) is 12.5 Å². The maximum absolute atomic E-state index is 10.4. The van der Waals surface area contributed by atoms with Gasteiger partial charge in [0, 0.05) is 18.7 Å². The molecule has 0 radical (unpaired) electrons. The maximum atomic E-state index is 10.4. The molecule has 0 bridgehead atoms. The quantitative estimate of drug-likeness (QED) is 0.832. The molecule has 2 rings (SSSR count). The summed E-state index contributed by atoms with van der Waals surface area (Å²) in [6.45, 7) is 0. The average molecular weight is 222 g/mol. The minimum atomic E-state index is -0.727. The Morgan fingerprint density at radius 3 is 2.94 bits per heavy atom. The van der Waals surface area contributed by atoms with Gasteiger partial charge >= 0.3 is 5.97 Å². The van der Waals surface area contributed by atoms with Gasteiger partial charge in [0.2, 0.25) is 0 Å². The van der Waals surface area contributed by atoms with E-state index in [9.17, 15) is 4.79 Å². The molecular formula is C12H18N2O2. The molecule has 4 heteroatoms. The molecule has 1 saturated carbocycles. The molecule has 1 heterocycles. The monoisotopic (exact) mass is 222 g/mol. The minimum Gasteiger partial charge on any atom is -0.481 e. The highest BCUT2D eigenvalue weighted by atomic mass is 16.4. The number of carboxylic acids is 1. The largest absolute Gasteiger partial charge is 0.481 e. The lowest BCUT2D eigenvalue weighted by Gasteiger charge is -2.09. The van der Waals surface area contributed by atoms with Crippen molar-refractivity contribution in [3.8, 4) is 0 Å². The zero-order valence-corrected chi connectivity index (χ0v) is 9.43. The Morgan fingerprint density at radius 1 is 1.50 bits per heavy atom. The molecule has 0 atom stereocenters. The first-order valence-corrected chi connectivity index (χ1v) is 6.00. The lowest BCUT2D eigenvalue weighted by atomic mass is 10.2. The van der Waals surface area contributed by atoms with Gasteiger partial charge in [0.05, 0.1) is 12.0 Å². The van der Waals surface area contributed by atoms with Gasteiger partial charge in [-0.15, -0.1) is 0 Å². The number of imidazole rings is 1. The van der Waals surface area contributed by atoms with E-state index in [0.717, 1.165) is 12.1 Å². The first-order valence-electron chi connectivity index (χ1n) is 6.00. The lowest BCUT2D eigenvalue weighted by Crippen LogP contribution is -2.01. The average Bonchev–Trinajstić information content (AvgIpc) is 2.85. The molecule has 0 aliphatic heterocycles. The molecule has 1 fully saturated rings. The van der Waals surface area contributed by atoms with E-state index in [2.05, 4.69) is 15.7 Å². The van der Waals surface area contributed by atoms with Crippen molar-refractivity contribution < 1.29 is 9.90 Å². The SMILES string of the molecule is O=C(O)CCCc1cn(C2CCCC2)cn1. The van der Waals surface area contributed by atoms with Gasteiger partial charge < -0.3 is 9.67 Å². The second-order valence-corrected chi connectivity index (χ2v) is 4.50. The van der Waals surface area contributed by atoms with Gasteiger partial charge in [-0.25, -0.2) is 4.98 Å². The summed E-state index contributed by atoms with van der Waals surface area (Å²) in [6.07, 6.45) is 10.8. The van der Waals surface area contributed by atoms with Crippen LogP contribution in [0.1, 0.15) is 50.3 Å². The summed E-state index contributed by atoms with van der Waals surface area (Å²) in [6, 6.07) is 0.626. The van der Waals surface area contributed by atoms with E-state index in [-0.39, 0.29) is 6.42 Å². The molecule has 88 valence electrons. The Labute approximate surface area is 95.3 Å². The third kappa shape index (κ3) is 2.84. The van der Waals surface area contributed by atoms with Gasteiger partial charge in [0.1, 0.15) is 0 Å². The molecule has 1 N–H and O–H groups in total. The summed E-state index contributed by atoms with van der Waals surface area (Å²) < 4.78 is 2.20. The smallest absolute Gasteiger partial charge is 0.303 e. The van der Waals surface area contributed by atoms with E-state index in [1.165, 1.54) is 25.7 Å². The zero-order chi connectivity index (χ0) is 11.4. The molecule has 1 aliphatic carbocycles. The molecule has 1 aliphatic rings. The molecule has 0 saturated heterocycles. The Morgan fingerprint density at radius 2 is 2.25 bits per heavy atom. The van der Waals surface area contributed by atoms with E-state index < -0.39 is 5.97 Å². The fraction of sp³-hybridized carbons (Fsp3) is 0.667. The molecule has 0 spiro atoms. The Bertz CT molecular complexity index is 354. The summed E-state index contributed by atoms with van der Waals surface area (Å²) >= 11 is 0. The highest BCUT2D eigenvalue weighted by Crippen LogP contribution is 2.29. The Balaban J connectivity index is 1.84. The van der Waals surface area contributed by atoms with E-state index in [4.69, 9.17) is 5.11 Å². The number of carbonyl (C=O) groups is 1. The van der Waals surface area contributed by atoms with E-state index >= 15 is 0 Å². The molecule has 16 heavy (non-hydrogen) atoms. The summed E-state index contributed by atoms with van der Waals surface area (Å²) in [5, 5.41) is 8.54. The van der Waals surface area contributed by atoms with Crippen LogP contribution in [0, 0.1) is 0 Å². The topological polar surface area (TPSA) is 55.1 Å². The molecule has 1 aromatic rings. The van der Waals surface area contributed by atoms with Crippen molar-refractivity contribution in [2.24, 2.45) is 0 Å². The molecular weight excluding hydrogens is 204 g/mol. The first-order chi connectivity index (χ1) is 7.75. The Kier molecular flexibility index (Phi) is 3.59. The van der Waals surface area contributed by atoms with Crippen LogP contribution in [0.25, 0.3) is 0 Å². The first kappa shape index (κ1) is 11.2. The van der Waals surface area contributed by atoms with Crippen LogP contribution < -0.4 is 0 Å². The fourth-order valence-corrected chi connectivity index (χ4v) is 2.33. The second-order valence-electron chi connectivity index (χ2n) is 4.50. The molecule has 4 nitrogen and oxygen atoms in total. The lowest BCUT2D eigenvalue weighted by molar-refractivity contribution is -0.137. The standard InChI is InChI=1S/C12H18N2O2/c15-12(16)7-3-4-10-8-14(9-13-10)11-5-1-2-6-11/h8-9,11H,1-7H2,(H,15,16). The number of hydrogen-bond acceptors (Lipinski definition) is 2. The number of nitrogens with zero attached hydrogens (tertiary/aromatic N) is 2. The molecule has 1 aromatic heterocycles. The van der Waals surface area contributed by atoms with Crippen LogP contribution in [0.3, 0.4) is 0 Å². The van der Waals surface area contributed by atoms with Crippen LogP contribution >= 0.6 is 0 Å². The highest BCUT2D eigenvalue weighted by molar-refractivity contribution is 5.66. The van der Waals surface area contributed by atoms with Crippen molar-refractivity contribution in [3.63, 3.8) is 0 Å². The van der Waals surface area contributed by atoms with Crippen molar-refractivity contribution in [1.29, 1.82) is 0 Å². The van der Waals surface area contributed by atoms with E-state index in [1.54, 1.807) is 0 Å². The zero-order valence-electron chi connectivity index (χ0n) is 9.43. The third-order valence-corrected chi connectivity index (χ3v) is 3.22. The predicted molar refractivity (Wildman–Crippen MR) is 60.3 cm³/mol. The number of aryl methyl sites for hydroxylation is 1. The van der Waals surface area contributed by atoms with E-state index in [1.807, 2.05) is 6.33 Å². The van der Waals surface area contributed by atoms with Crippen molar-refractivity contribution in [1.82, 2.24) is 9.55 Å². The number of hydrogen-bond donors (Lipinski definition) is 1. The maximum Gasteiger partial charge on any atom is 0.303 e. The fourth-order valence-electron chi connectivity index (χ4n) is 2.33. The van der Waals surface area contributed by atoms with Gasteiger partial charge in [-0.05, 0) is 25.7 Å². The van der Waals surface area contributed by atoms with Gasteiger partial charge in [0.15, 0.2) is 0 Å². The summed E-state index contributed by atoms with van der Waals surface area (Å²) in [7, 11) is 0. The van der Waals surface area contributed by atoms with Crippen molar-refractivity contribution in [3.05, 3.63) is 18.2 Å². The van der Waals surface area contributed by atoms with Gasteiger partial charge in [-0.1, -0.05) is 12.8 Å².